The summed E-state index contributed by atoms with van der Waals surface area (Å²) >= 11 is 0. The van der Waals surface area contributed by atoms with E-state index in [-0.39, 0.29) is 17.6 Å². The summed E-state index contributed by atoms with van der Waals surface area (Å²) in [5.41, 5.74) is 2.10. The van der Waals surface area contributed by atoms with Crippen molar-refractivity contribution < 1.29 is 9.13 Å². The zero-order valence-corrected chi connectivity index (χ0v) is 12.1. The fourth-order valence-corrected chi connectivity index (χ4v) is 2.10. The number of aryl methyl sites for hydroxylation is 1. The van der Waals surface area contributed by atoms with Gasteiger partial charge in [0.25, 0.3) is 0 Å². The Morgan fingerprint density at radius 2 is 2.25 bits per heavy atom. The van der Waals surface area contributed by atoms with E-state index in [0.29, 0.717) is 0 Å². The van der Waals surface area contributed by atoms with Crippen molar-refractivity contribution in [3.63, 3.8) is 0 Å². The molecule has 0 bridgehead atoms. The summed E-state index contributed by atoms with van der Waals surface area (Å²) in [6.07, 6.45) is 4.76. The normalized spacial score (nSPS) is 12.4. The molecule has 1 N–H and O–H groups in total. The summed E-state index contributed by atoms with van der Waals surface area (Å²) in [4.78, 5) is 0. The van der Waals surface area contributed by atoms with Crippen molar-refractivity contribution in [2.45, 2.75) is 19.4 Å². The molecule has 1 aromatic carbocycles. The van der Waals surface area contributed by atoms with E-state index in [2.05, 4.69) is 10.4 Å². The Kier molecular flexibility index (Phi) is 4.74. The molecule has 0 saturated heterocycles. The second kappa shape index (κ2) is 6.52. The zero-order valence-electron chi connectivity index (χ0n) is 12.1. The molecule has 0 spiro atoms. The molecule has 0 aliphatic rings. The highest BCUT2D eigenvalue weighted by Crippen LogP contribution is 2.21. The summed E-state index contributed by atoms with van der Waals surface area (Å²) in [6.45, 7) is 2.84. The van der Waals surface area contributed by atoms with Gasteiger partial charge in [0, 0.05) is 19.3 Å². The average Bonchev–Trinajstić information content (AvgIpc) is 2.84. The van der Waals surface area contributed by atoms with E-state index in [1.54, 1.807) is 10.7 Å². The van der Waals surface area contributed by atoms with Gasteiger partial charge >= 0.3 is 0 Å². The Balaban J connectivity index is 1.88. The van der Waals surface area contributed by atoms with E-state index in [0.717, 1.165) is 18.5 Å². The molecule has 1 atom stereocenters. The van der Waals surface area contributed by atoms with Crippen LogP contribution in [0.3, 0.4) is 0 Å². The Bertz CT molecular complexity index is 568. The largest absolute Gasteiger partial charge is 0.494 e. The van der Waals surface area contributed by atoms with Crippen molar-refractivity contribution in [1.29, 1.82) is 0 Å². The molecule has 1 heterocycles. The van der Waals surface area contributed by atoms with Crippen molar-refractivity contribution >= 4 is 0 Å². The van der Waals surface area contributed by atoms with Crippen molar-refractivity contribution in [1.82, 2.24) is 15.1 Å². The third kappa shape index (κ3) is 3.57. The second-order valence-corrected chi connectivity index (χ2v) is 4.84. The van der Waals surface area contributed by atoms with Crippen LogP contribution in [0.5, 0.6) is 5.75 Å². The highest BCUT2D eigenvalue weighted by atomic mass is 19.1. The molecule has 1 unspecified atom stereocenters. The first kappa shape index (κ1) is 14.5. The maximum Gasteiger partial charge on any atom is 0.165 e. The average molecular weight is 277 g/mol. The van der Waals surface area contributed by atoms with Gasteiger partial charge in [-0.05, 0) is 43.1 Å². The monoisotopic (exact) mass is 277 g/mol. The number of benzene rings is 1. The fourth-order valence-electron chi connectivity index (χ4n) is 2.10. The van der Waals surface area contributed by atoms with E-state index in [9.17, 15) is 4.39 Å². The summed E-state index contributed by atoms with van der Waals surface area (Å²) in [7, 11) is 3.37. The van der Waals surface area contributed by atoms with Crippen molar-refractivity contribution in [3.8, 4) is 5.75 Å². The molecule has 0 radical (unpaired) electrons. The van der Waals surface area contributed by atoms with Crippen LogP contribution in [0.2, 0.25) is 0 Å². The maximum atomic E-state index is 13.6. The summed E-state index contributed by atoms with van der Waals surface area (Å²) < 4.78 is 20.3. The highest BCUT2D eigenvalue weighted by Gasteiger charge is 2.09. The molecule has 0 aliphatic carbocycles. The van der Waals surface area contributed by atoms with Gasteiger partial charge in [0.1, 0.15) is 0 Å². The highest BCUT2D eigenvalue weighted by molar-refractivity contribution is 5.30. The molecule has 0 amide bonds. The molecule has 2 rings (SSSR count). The standard InChI is InChI=1S/C15H20FN3O/c1-11(13-4-5-15(20-3)14(16)8-13)17-7-6-12-9-18-19(2)10-12/h4-5,8-11,17H,6-7H2,1-3H3. The van der Waals surface area contributed by atoms with Crippen LogP contribution >= 0.6 is 0 Å². The summed E-state index contributed by atoms with van der Waals surface area (Å²) in [5.74, 6) is -0.0535. The first-order valence-electron chi connectivity index (χ1n) is 6.64. The molecule has 0 saturated carbocycles. The lowest BCUT2D eigenvalue weighted by Crippen LogP contribution is -2.21. The predicted molar refractivity (Wildman–Crippen MR) is 76.3 cm³/mol. The van der Waals surface area contributed by atoms with Gasteiger partial charge in [0.15, 0.2) is 11.6 Å². The molecule has 5 heteroatoms. The first-order valence-corrected chi connectivity index (χ1v) is 6.64. The van der Waals surface area contributed by atoms with Gasteiger partial charge in [-0.25, -0.2) is 4.39 Å². The van der Waals surface area contributed by atoms with Gasteiger partial charge in [-0.3, -0.25) is 4.68 Å². The van der Waals surface area contributed by atoms with Crippen LogP contribution in [0.1, 0.15) is 24.1 Å². The van der Waals surface area contributed by atoms with Crippen LogP contribution < -0.4 is 10.1 Å². The van der Waals surface area contributed by atoms with Crippen LogP contribution in [-0.2, 0) is 13.5 Å². The Labute approximate surface area is 118 Å². The van der Waals surface area contributed by atoms with E-state index in [4.69, 9.17) is 4.74 Å². The predicted octanol–water partition coefficient (Wildman–Crippen LogP) is 2.46. The molecule has 0 aliphatic heterocycles. The molecule has 1 aromatic heterocycles. The number of ether oxygens (including phenoxy) is 1. The van der Waals surface area contributed by atoms with Gasteiger partial charge in [-0.15, -0.1) is 0 Å². The minimum absolute atomic E-state index is 0.0899. The van der Waals surface area contributed by atoms with E-state index in [1.165, 1.54) is 18.7 Å². The zero-order chi connectivity index (χ0) is 14.5. The number of nitrogens with one attached hydrogen (secondary N) is 1. The Hall–Kier alpha value is -1.88. The number of methoxy groups -OCH3 is 1. The number of rotatable bonds is 6. The number of nitrogens with zero attached hydrogens (tertiary/aromatic N) is 2. The summed E-state index contributed by atoms with van der Waals surface area (Å²) in [5, 5.41) is 7.51. The van der Waals surface area contributed by atoms with Crippen LogP contribution in [0, 0.1) is 5.82 Å². The van der Waals surface area contributed by atoms with Crippen molar-refractivity contribution in [2.75, 3.05) is 13.7 Å². The lowest BCUT2D eigenvalue weighted by Gasteiger charge is -2.14. The summed E-state index contributed by atoms with van der Waals surface area (Å²) in [6, 6.07) is 5.14. The quantitative estimate of drug-likeness (QED) is 0.881. The van der Waals surface area contributed by atoms with Crippen LogP contribution in [0.25, 0.3) is 0 Å². The molecule has 20 heavy (non-hydrogen) atoms. The Morgan fingerprint density at radius 1 is 1.45 bits per heavy atom. The van der Waals surface area contributed by atoms with Gasteiger partial charge in [0.2, 0.25) is 0 Å². The molecular weight excluding hydrogens is 257 g/mol. The number of aromatic nitrogens is 2. The van der Waals surface area contributed by atoms with Crippen molar-refractivity contribution in [2.24, 2.45) is 7.05 Å². The second-order valence-electron chi connectivity index (χ2n) is 4.84. The third-order valence-electron chi connectivity index (χ3n) is 3.30. The fraction of sp³-hybridized carbons (Fsp3) is 0.400. The van der Waals surface area contributed by atoms with Gasteiger partial charge in [-0.1, -0.05) is 6.07 Å². The number of hydrogen-bond donors (Lipinski definition) is 1. The van der Waals surface area contributed by atoms with Gasteiger partial charge < -0.3 is 10.1 Å². The molecular formula is C15H20FN3O. The number of halogens is 1. The van der Waals surface area contributed by atoms with Crippen LogP contribution in [0.4, 0.5) is 4.39 Å². The lowest BCUT2D eigenvalue weighted by atomic mass is 10.1. The minimum atomic E-state index is -0.328. The van der Waals surface area contributed by atoms with Gasteiger partial charge in [-0.2, -0.15) is 5.10 Å². The van der Waals surface area contributed by atoms with E-state index >= 15 is 0 Å². The first-order chi connectivity index (χ1) is 9.60. The third-order valence-corrected chi connectivity index (χ3v) is 3.30. The molecule has 2 aromatic rings. The van der Waals surface area contributed by atoms with Crippen LogP contribution in [0.15, 0.2) is 30.6 Å². The molecule has 0 fully saturated rings. The Morgan fingerprint density at radius 3 is 2.85 bits per heavy atom. The maximum absolute atomic E-state index is 13.6. The molecule has 108 valence electrons. The SMILES string of the molecule is COc1ccc(C(C)NCCc2cnn(C)c2)cc1F. The van der Waals surface area contributed by atoms with Crippen molar-refractivity contribution in [3.05, 3.63) is 47.5 Å². The topological polar surface area (TPSA) is 39.1 Å². The minimum Gasteiger partial charge on any atom is -0.494 e. The smallest absolute Gasteiger partial charge is 0.165 e. The van der Waals surface area contributed by atoms with Gasteiger partial charge in [0.05, 0.1) is 13.3 Å². The van der Waals surface area contributed by atoms with E-state index < -0.39 is 0 Å². The molecule has 4 nitrogen and oxygen atoms in total. The van der Waals surface area contributed by atoms with E-state index in [1.807, 2.05) is 32.4 Å². The number of hydrogen-bond acceptors (Lipinski definition) is 3. The van der Waals surface area contributed by atoms with Crippen LogP contribution in [-0.4, -0.2) is 23.4 Å². The lowest BCUT2D eigenvalue weighted by molar-refractivity contribution is 0.385.